The summed E-state index contributed by atoms with van der Waals surface area (Å²) < 4.78 is 58.9. The molecule has 2 aromatic carbocycles. The Balaban J connectivity index is 1.38. The molecule has 1 fully saturated rings. The van der Waals surface area contributed by atoms with Gasteiger partial charge in [-0.1, -0.05) is 12.1 Å². The summed E-state index contributed by atoms with van der Waals surface area (Å²) in [6.45, 7) is 3.72. The molecule has 0 aromatic heterocycles. The van der Waals surface area contributed by atoms with Crippen molar-refractivity contribution < 1.29 is 31.8 Å². The van der Waals surface area contributed by atoms with Gasteiger partial charge in [0.25, 0.3) is 0 Å². The lowest BCUT2D eigenvalue weighted by Crippen LogP contribution is -2.49. The van der Waals surface area contributed by atoms with E-state index in [1.54, 1.807) is 17.0 Å². The molecule has 0 unspecified atom stereocenters. The average Bonchev–Trinajstić information content (AvgIpc) is 2.70. The number of carbonyl (C=O) groups is 1. The number of piperazine rings is 1. The van der Waals surface area contributed by atoms with Crippen LogP contribution in [0.4, 0.5) is 17.6 Å². The molecule has 30 heavy (non-hydrogen) atoms. The molecular formula is C21H22F4N2O3. The molecule has 1 aliphatic heterocycles. The second-order valence-electron chi connectivity index (χ2n) is 6.89. The van der Waals surface area contributed by atoms with Gasteiger partial charge in [-0.2, -0.15) is 0 Å². The Morgan fingerprint density at radius 2 is 1.50 bits per heavy atom. The van der Waals surface area contributed by atoms with E-state index in [2.05, 4.69) is 9.64 Å². The molecule has 0 aliphatic carbocycles. The van der Waals surface area contributed by atoms with Crippen molar-refractivity contribution in [1.82, 2.24) is 9.80 Å². The standard InChI is InChI=1S/C21H22F4N2O3/c22-17-3-7-18(8-4-17)29-14-13-26-9-11-27(12-10-26)20(28)15-16-1-5-19(6-2-16)30-21(23,24)25/h1-8H,9-15H2. The van der Waals surface area contributed by atoms with Crippen LogP contribution in [0, 0.1) is 5.82 Å². The van der Waals surface area contributed by atoms with Crippen LogP contribution in [0.3, 0.4) is 0 Å². The van der Waals surface area contributed by atoms with E-state index in [1.807, 2.05) is 0 Å². The quantitative estimate of drug-likeness (QED) is 0.636. The molecule has 3 rings (SSSR count). The fourth-order valence-electron chi connectivity index (χ4n) is 3.14. The molecule has 0 spiro atoms. The van der Waals surface area contributed by atoms with Gasteiger partial charge in [-0.25, -0.2) is 4.39 Å². The summed E-state index contributed by atoms with van der Waals surface area (Å²) in [6, 6.07) is 11.2. The molecule has 0 saturated carbocycles. The number of hydrogen-bond acceptors (Lipinski definition) is 4. The molecule has 1 aliphatic rings. The minimum absolute atomic E-state index is 0.0679. The van der Waals surface area contributed by atoms with Crippen LogP contribution in [-0.2, 0) is 11.2 Å². The summed E-state index contributed by atoms with van der Waals surface area (Å²) in [4.78, 5) is 16.4. The Labute approximate surface area is 171 Å². The molecule has 0 N–H and O–H groups in total. The number of hydrogen-bond donors (Lipinski definition) is 0. The lowest BCUT2D eigenvalue weighted by atomic mass is 10.1. The van der Waals surface area contributed by atoms with E-state index >= 15 is 0 Å². The fourth-order valence-corrected chi connectivity index (χ4v) is 3.14. The first-order valence-electron chi connectivity index (χ1n) is 9.52. The fraction of sp³-hybridized carbons (Fsp3) is 0.381. The van der Waals surface area contributed by atoms with E-state index < -0.39 is 6.36 Å². The van der Waals surface area contributed by atoms with Crippen LogP contribution in [-0.4, -0.2) is 61.4 Å². The number of nitrogens with zero attached hydrogens (tertiary/aromatic N) is 2. The van der Waals surface area contributed by atoms with Crippen molar-refractivity contribution in [3.05, 3.63) is 59.9 Å². The minimum atomic E-state index is -4.74. The van der Waals surface area contributed by atoms with Gasteiger partial charge < -0.3 is 14.4 Å². The summed E-state index contributed by atoms with van der Waals surface area (Å²) in [5, 5.41) is 0. The van der Waals surface area contributed by atoms with Gasteiger partial charge in [0.2, 0.25) is 5.91 Å². The summed E-state index contributed by atoms with van der Waals surface area (Å²) in [5.74, 6) is -0.0811. The van der Waals surface area contributed by atoms with Gasteiger partial charge in [0.1, 0.15) is 23.9 Å². The van der Waals surface area contributed by atoms with Crippen molar-refractivity contribution in [2.45, 2.75) is 12.8 Å². The summed E-state index contributed by atoms with van der Waals surface area (Å²) in [6.07, 6.45) is -4.61. The first-order valence-corrected chi connectivity index (χ1v) is 9.52. The Kier molecular flexibility index (Phi) is 7.15. The number of carbonyl (C=O) groups excluding carboxylic acids is 1. The van der Waals surface area contributed by atoms with Crippen molar-refractivity contribution >= 4 is 5.91 Å². The van der Waals surface area contributed by atoms with Crippen LogP contribution < -0.4 is 9.47 Å². The number of benzene rings is 2. The van der Waals surface area contributed by atoms with Gasteiger partial charge >= 0.3 is 6.36 Å². The van der Waals surface area contributed by atoms with Gasteiger partial charge in [0, 0.05) is 32.7 Å². The molecule has 0 bridgehead atoms. The van der Waals surface area contributed by atoms with Crippen molar-refractivity contribution in [1.29, 1.82) is 0 Å². The lowest BCUT2D eigenvalue weighted by Gasteiger charge is -2.34. The van der Waals surface area contributed by atoms with E-state index in [4.69, 9.17) is 4.74 Å². The monoisotopic (exact) mass is 426 g/mol. The molecular weight excluding hydrogens is 404 g/mol. The van der Waals surface area contributed by atoms with E-state index in [0.29, 0.717) is 50.6 Å². The molecule has 1 saturated heterocycles. The van der Waals surface area contributed by atoms with E-state index in [9.17, 15) is 22.4 Å². The van der Waals surface area contributed by atoms with Crippen LogP contribution in [0.1, 0.15) is 5.56 Å². The number of rotatable bonds is 7. The molecule has 2 aromatic rings. The number of alkyl halides is 3. The molecule has 1 amide bonds. The van der Waals surface area contributed by atoms with Gasteiger partial charge in [-0.15, -0.1) is 13.2 Å². The van der Waals surface area contributed by atoms with Crippen LogP contribution in [0.5, 0.6) is 11.5 Å². The normalized spacial score (nSPS) is 15.1. The summed E-state index contributed by atoms with van der Waals surface area (Å²) >= 11 is 0. The molecule has 9 heteroatoms. The van der Waals surface area contributed by atoms with E-state index in [0.717, 1.165) is 0 Å². The van der Waals surface area contributed by atoms with E-state index in [-0.39, 0.29) is 23.9 Å². The highest BCUT2D eigenvalue weighted by molar-refractivity contribution is 5.79. The van der Waals surface area contributed by atoms with Crippen LogP contribution in [0.25, 0.3) is 0 Å². The Hall–Kier alpha value is -2.81. The topological polar surface area (TPSA) is 42.0 Å². The van der Waals surface area contributed by atoms with Crippen LogP contribution in [0.2, 0.25) is 0 Å². The highest BCUT2D eigenvalue weighted by Gasteiger charge is 2.31. The van der Waals surface area contributed by atoms with Crippen LogP contribution >= 0.6 is 0 Å². The zero-order valence-corrected chi connectivity index (χ0v) is 16.2. The Bertz CT molecular complexity index is 818. The maximum Gasteiger partial charge on any atom is 0.573 e. The predicted octanol–water partition coefficient (Wildman–Crippen LogP) is 3.49. The first-order chi connectivity index (χ1) is 14.3. The molecule has 0 radical (unpaired) electrons. The van der Waals surface area contributed by atoms with Crippen molar-refractivity contribution in [2.24, 2.45) is 0 Å². The average molecular weight is 426 g/mol. The Morgan fingerprint density at radius 3 is 2.10 bits per heavy atom. The Morgan fingerprint density at radius 1 is 0.900 bits per heavy atom. The van der Waals surface area contributed by atoms with E-state index in [1.165, 1.54) is 36.4 Å². The SMILES string of the molecule is O=C(Cc1ccc(OC(F)(F)F)cc1)N1CCN(CCOc2ccc(F)cc2)CC1. The smallest absolute Gasteiger partial charge is 0.492 e. The second kappa shape index (κ2) is 9.80. The third-order valence-corrected chi connectivity index (χ3v) is 4.73. The second-order valence-corrected chi connectivity index (χ2v) is 6.89. The minimum Gasteiger partial charge on any atom is -0.492 e. The maximum atomic E-state index is 12.9. The third kappa shape index (κ3) is 6.91. The first kappa shape index (κ1) is 21.9. The van der Waals surface area contributed by atoms with Gasteiger partial charge in [-0.3, -0.25) is 9.69 Å². The van der Waals surface area contributed by atoms with Crippen molar-refractivity contribution in [2.75, 3.05) is 39.3 Å². The van der Waals surface area contributed by atoms with Crippen molar-refractivity contribution in [3.63, 3.8) is 0 Å². The molecule has 1 heterocycles. The highest BCUT2D eigenvalue weighted by Crippen LogP contribution is 2.23. The molecule has 162 valence electrons. The van der Waals surface area contributed by atoms with Gasteiger partial charge in [0.15, 0.2) is 0 Å². The van der Waals surface area contributed by atoms with Crippen LogP contribution in [0.15, 0.2) is 48.5 Å². The summed E-state index contributed by atoms with van der Waals surface area (Å²) in [7, 11) is 0. The largest absolute Gasteiger partial charge is 0.573 e. The van der Waals surface area contributed by atoms with Crippen molar-refractivity contribution in [3.8, 4) is 11.5 Å². The third-order valence-electron chi connectivity index (χ3n) is 4.73. The van der Waals surface area contributed by atoms with Gasteiger partial charge in [0.05, 0.1) is 6.42 Å². The zero-order chi connectivity index (χ0) is 21.6. The lowest BCUT2D eigenvalue weighted by molar-refractivity contribution is -0.274. The number of halogens is 4. The predicted molar refractivity (Wildman–Crippen MR) is 102 cm³/mol. The maximum absolute atomic E-state index is 12.9. The summed E-state index contributed by atoms with van der Waals surface area (Å²) in [5.41, 5.74) is 0.629. The number of amides is 1. The van der Waals surface area contributed by atoms with Gasteiger partial charge in [-0.05, 0) is 42.0 Å². The number of ether oxygens (including phenoxy) is 2. The zero-order valence-electron chi connectivity index (χ0n) is 16.2. The molecule has 5 nitrogen and oxygen atoms in total. The highest BCUT2D eigenvalue weighted by atomic mass is 19.4. The molecule has 0 atom stereocenters.